The third-order valence-electron chi connectivity index (χ3n) is 6.49. The minimum absolute atomic E-state index is 0.188. The summed E-state index contributed by atoms with van der Waals surface area (Å²) in [5.74, 6) is 0.219. The first kappa shape index (κ1) is 28.3. The van der Waals surface area contributed by atoms with Crippen LogP contribution in [0.5, 0.6) is 0 Å². The number of halogens is 2. The van der Waals surface area contributed by atoms with Gasteiger partial charge in [0.05, 0.1) is 17.6 Å². The van der Waals surface area contributed by atoms with Crippen molar-refractivity contribution in [2.24, 2.45) is 0 Å². The molecular weight excluding hydrogens is 521 g/mol. The summed E-state index contributed by atoms with van der Waals surface area (Å²) in [6, 6.07) is 13.7. The molecule has 1 aliphatic heterocycles. The number of esters is 1. The van der Waals surface area contributed by atoms with E-state index in [0.717, 1.165) is 41.0 Å². The number of carbonyl (C=O) groups excluding carboxylic acids is 1. The number of nitrogens with zero attached hydrogens (tertiary/aromatic N) is 2. The molecule has 4 rings (SSSR count). The molecule has 0 aliphatic carbocycles. The molecule has 3 aromatic rings. The number of benzene rings is 2. The number of aryl methyl sites for hydroxylation is 1. The van der Waals surface area contributed by atoms with Gasteiger partial charge >= 0.3 is 5.97 Å². The number of hydrogen-bond acceptors (Lipinski definition) is 7. The Morgan fingerprint density at radius 1 is 1.13 bits per heavy atom. The van der Waals surface area contributed by atoms with E-state index in [1.807, 2.05) is 51.1 Å². The summed E-state index contributed by atoms with van der Waals surface area (Å²) in [5.41, 5.74) is 10.1. The summed E-state index contributed by atoms with van der Waals surface area (Å²) in [4.78, 5) is 21.6. The number of nitrogens with one attached hydrogen (secondary N) is 2. The zero-order valence-corrected chi connectivity index (χ0v) is 23.6. The van der Waals surface area contributed by atoms with Crippen LogP contribution in [0.15, 0.2) is 48.7 Å². The Kier molecular flexibility index (Phi) is 9.26. The van der Waals surface area contributed by atoms with Crippen LogP contribution in [0.4, 0.5) is 5.82 Å². The third-order valence-corrected chi connectivity index (χ3v) is 7.20. The summed E-state index contributed by atoms with van der Waals surface area (Å²) in [6.45, 7) is 7.16. The number of hydrogen-bond donors (Lipinski definition) is 3. The lowest BCUT2D eigenvalue weighted by Gasteiger charge is -2.31. The van der Waals surface area contributed by atoms with Crippen molar-refractivity contribution in [3.05, 3.63) is 75.5 Å². The van der Waals surface area contributed by atoms with Gasteiger partial charge in [0.15, 0.2) is 0 Å². The van der Waals surface area contributed by atoms with Gasteiger partial charge in [-0.2, -0.15) is 0 Å². The lowest BCUT2D eigenvalue weighted by molar-refractivity contribution is -0.158. The maximum atomic E-state index is 12.5. The minimum atomic E-state index is -0.486. The van der Waals surface area contributed by atoms with Crippen molar-refractivity contribution < 1.29 is 9.53 Å². The molecule has 2 heterocycles. The fourth-order valence-electron chi connectivity index (χ4n) is 4.49. The monoisotopic (exact) mass is 555 g/mol. The van der Waals surface area contributed by atoms with Crippen LogP contribution in [-0.4, -0.2) is 40.2 Å². The molecule has 1 aliphatic rings. The van der Waals surface area contributed by atoms with E-state index in [1.54, 1.807) is 6.20 Å². The van der Waals surface area contributed by atoms with Crippen molar-refractivity contribution in [3.63, 3.8) is 0 Å². The van der Waals surface area contributed by atoms with Crippen molar-refractivity contribution in [1.29, 1.82) is 0 Å². The molecule has 2 atom stereocenters. The SMILES string of the molecule is CC(C)(C)OC(=O)[C@@H]1CC(NCc2ccc(-c3cnc(N)c(CCc4c(Cl)cccc4Cl)n3)cc2)CCN1. The molecule has 0 radical (unpaired) electrons. The molecule has 0 bridgehead atoms. The first-order chi connectivity index (χ1) is 18.1. The van der Waals surface area contributed by atoms with Crippen molar-refractivity contribution >= 4 is 35.0 Å². The number of rotatable bonds is 8. The van der Waals surface area contributed by atoms with Crippen molar-refractivity contribution in [1.82, 2.24) is 20.6 Å². The molecule has 2 aromatic carbocycles. The van der Waals surface area contributed by atoms with E-state index in [4.69, 9.17) is 38.7 Å². The number of ether oxygens (including phenoxy) is 1. The number of anilines is 1. The van der Waals surface area contributed by atoms with E-state index in [9.17, 15) is 4.79 Å². The molecule has 1 fully saturated rings. The van der Waals surface area contributed by atoms with Gasteiger partial charge in [-0.3, -0.25) is 4.79 Å². The lowest BCUT2D eigenvalue weighted by atomic mass is 9.98. The highest BCUT2D eigenvalue weighted by molar-refractivity contribution is 6.36. The fourth-order valence-corrected chi connectivity index (χ4v) is 5.07. The molecule has 1 saturated heterocycles. The summed E-state index contributed by atoms with van der Waals surface area (Å²) in [5, 5.41) is 8.13. The van der Waals surface area contributed by atoms with E-state index in [1.165, 1.54) is 0 Å². The van der Waals surface area contributed by atoms with Crippen LogP contribution in [0.2, 0.25) is 10.0 Å². The van der Waals surface area contributed by atoms with E-state index < -0.39 is 5.60 Å². The van der Waals surface area contributed by atoms with Gasteiger partial charge in [0.25, 0.3) is 0 Å². The Hall–Kier alpha value is -2.71. The van der Waals surface area contributed by atoms with Gasteiger partial charge in [-0.05, 0) is 76.3 Å². The van der Waals surface area contributed by atoms with Crippen molar-refractivity contribution in [2.75, 3.05) is 12.3 Å². The second-order valence-corrected chi connectivity index (χ2v) is 11.4. The largest absolute Gasteiger partial charge is 0.459 e. The number of nitrogens with two attached hydrogens (primary N) is 1. The smallest absolute Gasteiger partial charge is 0.323 e. The summed E-state index contributed by atoms with van der Waals surface area (Å²) in [6.07, 6.45) is 4.56. The molecule has 1 aromatic heterocycles. The van der Waals surface area contributed by atoms with Crippen LogP contribution in [0.1, 0.15) is 50.4 Å². The van der Waals surface area contributed by atoms with E-state index in [-0.39, 0.29) is 18.1 Å². The van der Waals surface area contributed by atoms with Crippen LogP contribution in [0.25, 0.3) is 11.3 Å². The Morgan fingerprint density at radius 2 is 1.84 bits per heavy atom. The predicted octanol–water partition coefficient (Wildman–Crippen LogP) is 5.37. The molecule has 9 heteroatoms. The maximum absolute atomic E-state index is 12.5. The average Bonchev–Trinajstić information content (AvgIpc) is 2.88. The van der Waals surface area contributed by atoms with E-state index >= 15 is 0 Å². The van der Waals surface area contributed by atoms with Gasteiger partial charge in [0.2, 0.25) is 0 Å². The first-order valence-corrected chi connectivity index (χ1v) is 13.7. The topological polar surface area (TPSA) is 102 Å². The minimum Gasteiger partial charge on any atom is -0.459 e. The van der Waals surface area contributed by atoms with E-state index in [0.29, 0.717) is 41.7 Å². The quantitative estimate of drug-likeness (QED) is 0.321. The first-order valence-electron chi connectivity index (χ1n) is 12.9. The molecule has 7 nitrogen and oxygen atoms in total. The normalized spacial score (nSPS) is 17.8. The number of aromatic nitrogens is 2. The summed E-state index contributed by atoms with van der Waals surface area (Å²) in [7, 11) is 0. The molecule has 38 heavy (non-hydrogen) atoms. The molecule has 202 valence electrons. The molecule has 1 unspecified atom stereocenters. The number of piperidine rings is 1. The zero-order valence-electron chi connectivity index (χ0n) is 22.1. The van der Waals surface area contributed by atoms with Gasteiger partial charge < -0.3 is 21.1 Å². The Morgan fingerprint density at radius 3 is 2.53 bits per heavy atom. The highest BCUT2D eigenvalue weighted by Crippen LogP contribution is 2.27. The van der Waals surface area contributed by atoms with E-state index in [2.05, 4.69) is 27.8 Å². The lowest BCUT2D eigenvalue weighted by Crippen LogP contribution is -2.51. The van der Waals surface area contributed by atoms with Crippen LogP contribution in [-0.2, 0) is 28.9 Å². The van der Waals surface area contributed by atoms with Gasteiger partial charge in [-0.1, -0.05) is 53.5 Å². The number of carbonyl (C=O) groups is 1. The zero-order chi connectivity index (χ0) is 27.3. The Bertz CT molecular complexity index is 1240. The van der Waals surface area contributed by atoms with Crippen LogP contribution in [0.3, 0.4) is 0 Å². The van der Waals surface area contributed by atoms with Gasteiger partial charge in [0, 0.05) is 28.2 Å². The Labute approximate surface area is 234 Å². The second-order valence-electron chi connectivity index (χ2n) is 10.6. The average molecular weight is 557 g/mol. The molecular formula is C29H35Cl2N5O2. The third kappa shape index (κ3) is 7.67. The van der Waals surface area contributed by atoms with Gasteiger partial charge in [-0.25, -0.2) is 9.97 Å². The van der Waals surface area contributed by atoms with Crippen molar-refractivity contribution in [2.45, 2.75) is 70.7 Å². The van der Waals surface area contributed by atoms with Crippen molar-refractivity contribution in [3.8, 4) is 11.3 Å². The van der Waals surface area contributed by atoms with Gasteiger partial charge in [-0.15, -0.1) is 0 Å². The Balaban J connectivity index is 1.35. The molecule has 4 N–H and O–H groups in total. The summed E-state index contributed by atoms with van der Waals surface area (Å²) < 4.78 is 5.55. The maximum Gasteiger partial charge on any atom is 0.323 e. The van der Waals surface area contributed by atoms with Crippen LogP contribution in [0, 0.1) is 0 Å². The fraction of sp³-hybridized carbons (Fsp3) is 0.414. The van der Waals surface area contributed by atoms with Crippen LogP contribution < -0.4 is 16.4 Å². The standard InChI is InChI=1S/C29H35Cl2N5O2/c1-29(2,3)38-28(37)25-15-20(13-14-33-25)34-16-18-7-9-19(10-8-18)26-17-35-27(32)24(36-26)12-11-21-22(30)5-4-6-23(21)31/h4-10,17,20,25,33-34H,11-16H2,1-3H3,(H2,32,35)/t20?,25-/m0/s1. The molecule has 0 amide bonds. The molecule has 0 spiro atoms. The van der Waals surface area contributed by atoms with Gasteiger partial charge in [0.1, 0.15) is 17.5 Å². The highest BCUT2D eigenvalue weighted by atomic mass is 35.5. The highest BCUT2D eigenvalue weighted by Gasteiger charge is 2.30. The second kappa shape index (κ2) is 12.4. The summed E-state index contributed by atoms with van der Waals surface area (Å²) >= 11 is 12.6. The molecule has 0 saturated carbocycles. The van der Waals surface area contributed by atoms with Crippen LogP contribution >= 0.6 is 23.2 Å². The predicted molar refractivity (Wildman–Crippen MR) is 153 cm³/mol. The number of nitrogen functional groups attached to an aromatic ring is 1.